The first-order valence-electron chi connectivity index (χ1n) is 5.58. The van der Waals surface area contributed by atoms with E-state index in [-0.39, 0.29) is 12.5 Å². The average molecular weight is 242 g/mol. The van der Waals surface area contributed by atoms with E-state index in [0.717, 1.165) is 0 Å². The van der Waals surface area contributed by atoms with Crippen molar-refractivity contribution >= 4 is 17.3 Å². The molecule has 1 amide bonds. The molecule has 92 valence electrons. The first-order chi connectivity index (χ1) is 8.75. The summed E-state index contributed by atoms with van der Waals surface area (Å²) in [4.78, 5) is 11.6. The van der Waals surface area contributed by atoms with Gasteiger partial charge in [0.1, 0.15) is 5.75 Å². The highest BCUT2D eigenvalue weighted by atomic mass is 16.5. The third-order valence-electron chi connectivity index (χ3n) is 2.35. The predicted molar refractivity (Wildman–Crippen MR) is 71.4 cm³/mol. The van der Waals surface area contributed by atoms with Gasteiger partial charge in [-0.05, 0) is 24.3 Å². The standard InChI is InChI=1S/C14H14N2O2/c15-12-8-4-5-9-13(12)16-14(17)10-18-11-6-2-1-3-7-11/h1-9H,10,15H2,(H,16,17). The van der Waals surface area contributed by atoms with Gasteiger partial charge in [-0.3, -0.25) is 4.79 Å². The number of rotatable bonds is 4. The minimum absolute atomic E-state index is 0.0433. The van der Waals surface area contributed by atoms with E-state index in [4.69, 9.17) is 10.5 Å². The van der Waals surface area contributed by atoms with Crippen LogP contribution in [-0.4, -0.2) is 12.5 Å². The fourth-order valence-electron chi connectivity index (χ4n) is 1.46. The second kappa shape index (κ2) is 5.72. The van der Waals surface area contributed by atoms with Crippen LogP contribution in [0.5, 0.6) is 5.75 Å². The van der Waals surface area contributed by atoms with Gasteiger partial charge in [0, 0.05) is 0 Å². The molecular formula is C14H14N2O2. The monoisotopic (exact) mass is 242 g/mol. The summed E-state index contributed by atoms with van der Waals surface area (Å²) in [6.07, 6.45) is 0. The Bertz CT molecular complexity index is 526. The number of carbonyl (C=O) groups excluding carboxylic acids is 1. The summed E-state index contributed by atoms with van der Waals surface area (Å²) in [6, 6.07) is 16.3. The summed E-state index contributed by atoms with van der Waals surface area (Å²) in [5, 5.41) is 2.69. The summed E-state index contributed by atoms with van der Waals surface area (Å²) < 4.78 is 5.33. The SMILES string of the molecule is Nc1ccccc1NC(=O)COc1ccccc1. The van der Waals surface area contributed by atoms with Gasteiger partial charge in [0.25, 0.3) is 5.91 Å². The Balaban J connectivity index is 1.88. The Morgan fingerprint density at radius 2 is 1.72 bits per heavy atom. The molecule has 4 nitrogen and oxygen atoms in total. The second-order valence-corrected chi connectivity index (χ2v) is 3.74. The zero-order valence-electron chi connectivity index (χ0n) is 9.80. The highest BCUT2D eigenvalue weighted by molar-refractivity contribution is 5.94. The van der Waals surface area contributed by atoms with Gasteiger partial charge in [-0.1, -0.05) is 30.3 Å². The lowest BCUT2D eigenvalue weighted by Crippen LogP contribution is -2.20. The summed E-state index contributed by atoms with van der Waals surface area (Å²) in [6.45, 7) is -0.0433. The number of anilines is 2. The molecule has 3 N–H and O–H groups in total. The quantitative estimate of drug-likeness (QED) is 0.808. The number of nitrogen functional groups attached to an aromatic ring is 1. The highest BCUT2D eigenvalue weighted by Crippen LogP contribution is 2.16. The second-order valence-electron chi connectivity index (χ2n) is 3.74. The molecule has 0 saturated carbocycles. The van der Waals surface area contributed by atoms with Gasteiger partial charge in [0.2, 0.25) is 0 Å². The van der Waals surface area contributed by atoms with Crippen molar-refractivity contribution in [3.05, 3.63) is 54.6 Å². The Kier molecular flexibility index (Phi) is 3.81. The molecule has 0 aliphatic rings. The fourth-order valence-corrected chi connectivity index (χ4v) is 1.46. The third kappa shape index (κ3) is 3.25. The molecule has 2 aromatic rings. The number of hydrogen-bond donors (Lipinski definition) is 2. The molecule has 0 aromatic heterocycles. The Morgan fingerprint density at radius 3 is 2.44 bits per heavy atom. The van der Waals surface area contributed by atoms with Gasteiger partial charge in [-0.2, -0.15) is 0 Å². The van der Waals surface area contributed by atoms with Crippen LogP contribution in [0.15, 0.2) is 54.6 Å². The van der Waals surface area contributed by atoms with Crippen LogP contribution in [-0.2, 0) is 4.79 Å². The first-order valence-corrected chi connectivity index (χ1v) is 5.58. The number of para-hydroxylation sites is 3. The van der Waals surface area contributed by atoms with Gasteiger partial charge >= 0.3 is 0 Å². The van der Waals surface area contributed by atoms with E-state index in [9.17, 15) is 4.79 Å². The average Bonchev–Trinajstić information content (AvgIpc) is 2.40. The van der Waals surface area contributed by atoms with Crippen molar-refractivity contribution in [2.45, 2.75) is 0 Å². The lowest BCUT2D eigenvalue weighted by Gasteiger charge is -2.08. The van der Waals surface area contributed by atoms with Crippen LogP contribution in [0, 0.1) is 0 Å². The number of hydrogen-bond acceptors (Lipinski definition) is 3. The van der Waals surface area contributed by atoms with Crippen molar-refractivity contribution in [2.75, 3.05) is 17.7 Å². The van der Waals surface area contributed by atoms with E-state index < -0.39 is 0 Å². The van der Waals surface area contributed by atoms with E-state index in [1.807, 2.05) is 30.3 Å². The van der Waals surface area contributed by atoms with Crippen LogP contribution in [0.2, 0.25) is 0 Å². The molecule has 0 saturated heterocycles. The molecule has 0 atom stereocenters. The molecule has 4 heteroatoms. The maximum Gasteiger partial charge on any atom is 0.262 e. The summed E-state index contributed by atoms with van der Waals surface area (Å²) in [7, 11) is 0. The van der Waals surface area contributed by atoms with Gasteiger partial charge in [0.05, 0.1) is 11.4 Å². The Labute approximate surface area is 105 Å². The van der Waals surface area contributed by atoms with Gasteiger partial charge in [0.15, 0.2) is 6.61 Å². The highest BCUT2D eigenvalue weighted by Gasteiger charge is 2.05. The summed E-state index contributed by atoms with van der Waals surface area (Å²) >= 11 is 0. The predicted octanol–water partition coefficient (Wildman–Crippen LogP) is 2.29. The Morgan fingerprint density at radius 1 is 1.06 bits per heavy atom. The van der Waals surface area contributed by atoms with Gasteiger partial charge in [-0.25, -0.2) is 0 Å². The van der Waals surface area contributed by atoms with Crippen LogP contribution in [0.3, 0.4) is 0 Å². The number of ether oxygens (including phenoxy) is 1. The molecule has 0 radical (unpaired) electrons. The topological polar surface area (TPSA) is 64.3 Å². The summed E-state index contributed by atoms with van der Waals surface area (Å²) in [5.41, 5.74) is 6.85. The summed E-state index contributed by atoms with van der Waals surface area (Å²) in [5.74, 6) is 0.422. The number of carbonyl (C=O) groups is 1. The lowest BCUT2D eigenvalue weighted by atomic mass is 10.3. The minimum atomic E-state index is -0.239. The molecule has 2 rings (SSSR count). The van der Waals surface area contributed by atoms with Crippen molar-refractivity contribution < 1.29 is 9.53 Å². The smallest absolute Gasteiger partial charge is 0.262 e. The van der Waals surface area contributed by atoms with Gasteiger partial charge < -0.3 is 15.8 Å². The van der Waals surface area contributed by atoms with E-state index in [2.05, 4.69) is 5.32 Å². The lowest BCUT2D eigenvalue weighted by molar-refractivity contribution is -0.118. The molecule has 0 fully saturated rings. The molecular weight excluding hydrogens is 228 g/mol. The van der Waals surface area contributed by atoms with Crippen LogP contribution < -0.4 is 15.8 Å². The normalized spacial score (nSPS) is 9.78. The molecule has 0 aliphatic carbocycles. The van der Waals surface area contributed by atoms with Crippen molar-refractivity contribution in [1.29, 1.82) is 0 Å². The Hall–Kier alpha value is -2.49. The van der Waals surface area contributed by atoms with Crippen LogP contribution in [0.25, 0.3) is 0 Å². The third-order valence-corrected chi connectivity index (χ3v) is 2.35. The zero-order valence-corrected chi connectivity index (χ0v) is 9.80. The largest absolute Gasteiger partial charge is 0.484 e. The molecule has 0 heterocycles. The van der Waals surface area contributed by atoms with Crippen molar-refractivity contribution in [3.8, 4) is 5.75 Å². The first kappa shape index (κ1) is 12.0. The van der Waals surface area contributed by atoms with Crippen molar-refractivity contribution in [3.63, 3.8) is 0 Å². The number of nitrogens with two attached hydrogens (primary N) is 1. The van der Waals surface area contributed by atoms with E-state index >= 15 is 0 Å². The number of benzene rings is 2. The number of amides is 1. The number of nitrogens with one attached hydrogen (secondary N) is 1. The van der Waals surface area contributed by atoms with Crippen molar-refractivity contribution in [2.24, 2.45) is 0 Å². The van der Waals surface area contributed by atoms with Crippen molar-refractivity contribution in [1.82, 2.24) is 0 Å². The maximum absolute atomic E-state index is 11.6. The molecule has 0 spiro atoms. The maximum atomic E-state index is 11.6. The van der Waals surface area contributed by atoms with Crippen LogP contribution in [0.4, 0.5) is 11.4 Å². The molecule has 0 bridgehead atoms. The van der Waals surface area contributed by atoms with E-state index in [1.54, 1.807) is 24.3 Å². The molecule has 2 aromatic carbocycles. The fraction of sp³-hybridized carbons (Fsp3) is 0.0714. The van der Waals surface area contributed by atoms with Crippen LogP contribution >= 0.6 is 0 Å². The van der Waals surface area contributed by atoms with E-state index in [1.165, 1.54) is 0 Å². The molecule has 0 unspecified atom stereocenters. The zero-order chi connectivity index (χ0) is 12.8. The minimum Gasteiger partial charge on any atom is -0.484 e. The van der Waals surface area contributed by atoms with E-state index in [0.29, 0.717) is 17.1 Å². The van der Waals surface area contributed by atoms with Gasteiger partial charge in [-0.15, -0.1) is 0 Å². The molecule has 0 aliphatic heterocycles. The molecule has 18 heavy (non-hydrogen) atoms. The van der Waals surface area contributed by atoms with Crippen LogP contribution in [0.1, 0.15) is 0 Å².